The standard InChI is InChI=1S/C15H20ClNO4/c1-3-21-14(18)8-9-17(10-11-20-2)15(19)12-6-4-5-7-13(12)16/h4-7H,3,8-11H2,1-2H3. The molecule has 0 N–H and O–H groups in total. The number of carbonyl (C=O) groups is 2. The van der Waals surface area contributed by atoms with Crippen molar-refractivity contribution in [2.24, 2.45) is 0 Å². The highest BCUT2D eigenvalue weighted by Crippen LogP contribution is 2.17. The molecule has 0 radical (unpaired) electrons. The minimum atomic E-state index is -0.327. The van der Waals surface area contributed by atoms with Crippen LogP contribution in [0.25, 0.3) is 0 Å². The molecule has 0 aliphatic rings. The summed E-state index contributed by atoms with van der Waals surface area (Å²) in [4.78, 5) is 25.4. The molecule has 1 amide bonds. The maximum atomic E-state index is 12.5. The minimum absolute atomic E-state index is 0.147. The third-order valence-corrected chi connectivity index (χ3v) is 3.18. The quantitative estimate of drug-likeness (QED) is 0.691. The lowest BCUT2D eigenvalue weighted by molar-refractivity contribution is -0.143. The fourth-order valence-corrected chi connectivity index (χ4v) is 2.00. The first-order chi connectivity index (χ1) is 10.1. The lowest BCUT2D eigenvalue weighted by Crippen LogP contribution is -2.36. The summed E-state index contributed by atoms with van der Waals surface area (Å²) in [6.45, 7) is 3.12. The number of ether oxygens (including phenoxy) is 2. The maximum absolute atomic E-state index is 12.5. The van der Waals surface area contributed by atoms with Crippen LogP contribution in [-0.2, 0) is 14.3 Å². The van der Waals surface area contributed by atoms with Crippen molar-refractivity contribution in [1.82, 2.24) is 4.90 Å². The van der Waals surface area contributed by atoms with Crippen LogP contribution in [0.2, 0.25) is 5.02 Å². The molecule has 0 atom stereocenters. The number of halogens is 1. The Balaban J connectivity index is 2.74. The average Bonchev–Trinajstić information content (AvgIpc) is 2.47. The second kappa shape index (κ2) is 9.37. The predicted octanol–water partition coefficient (Wildman–Crippen LogP) is 2.38. The van der Waals surface area contributed by atoms with Gasteiger partial charge in [-0.3, -0.25) is 9.59 Å². The topological polar surface area (TPSA) is 55.8 Å². The van der Waals surface area contributed by atoms with E-state index in [0.717, 1.165) is 0 Å². The number of rotatable bonds is 8. The van der Waals surface area contributed by atoms with E-state index in [0.29, 0.717) is 30.3 Å². The molecule has 0 aliphatic carbocycles. The van der Waals surface area contributed by atoms with Gasteiger partial charge in [-0.05, 0) is 19.1 Å². The number of amides is 1. The fraction of sp³-hybridized carbons (Fsp3) is 0.467. The Morgan fingerprint density at radius 1 is 1.24 bits per heavy atom. The van der Waals surface area contributed by atoms with Gasteiger partial charge < -0.3 is 14.4 Å². The monoisotopic (exact) mass is 313 g/mol. The Labute approximate surface area is 129 Å². The third-order valence-electron chi connectivity index (χ3n) is 2.85. The van der Waals surface area contributed by atoms with Gasteiger partial charge in [-0.15, -0.1) is 0 Å². The van der Waals surface area contributed by atoms with Crippen LogP contribution in [0.1, 0.15) is 23.7 Å². The van der Waals surface area contributed by atoms with Gasteiger partial charge in [-0.1, -0.05) is 23.7 Å². The molecule has 0 saturated carbocycles. The highest BCUT2D eigenvalue weighted by molar-refractivity contribution is 6.33. The molecule has 0 bridgehead atoms. The van der Waals surface area contributed by atoms with Gasteiger partial charge in [0.1, 0.15) is 0 Å². The summed E-state index contributed by atoms with van der Waals surface area (Å²) in [6, 6.07) is 6.83. The van der Waals surface area contributed by atoms with E-state index in [2.05, 4.69) is 0 Å². The number of hydrogen-bond acceptors (Lipinski definition) is 4. The smallest absolute Gasteiger partial charge is 0.307 e. The van der Waals surface area contributed by atoms with Crippen molar-refractivity contribution in [2.75, 3.05) is 33.4 Å². The lowest BCUT2D eigenvalue weighted by atomic mass is 10.2. The van der Waals surface area contributed by atoms with Gasteiger partial charge in [0, 0.05) is 20.2 Å². The largest absolute Gasteiger partial charge is 0.466 e. The van der Waals surface area contributed by atoms with E-state index in [1.54, 1.807) is 43.2 Å². The summed E-state index contributed by atoms with van der Waals surface area (Å²) in [6.07, 6.45) is 0.147. The Bertz CT molecular complexity index is 478. The van der Waals surface area contributed by atoms with Gasteiger partial charge in [0.25, 0.3) is 5.91 Å². The first-order valence-electron chi connectivity index (χ1n) is 6.78. The summed E-state index contributed by atoms with van der Waals surface area (Å²) in [5.74, 6) is -0.547. The van der Waals surface area contributed by atoms with Crippen LogP contribution < -0.4 is 0 Å². The van der Waals surface area contributed by atoms with Crippen LogP contribution in [0, 0.1) is 0 Å². The van der Waals surface area contributed by atoms with Gasteiger partial charge in [-0.25, -0.2) is 0 Å². The van der Waals surface area contributed by atoms with E-state index in [4.69, 9.17) is 21.1 Å². The first kappa shape index (κ1) is 17.5. The Morgan fingerprint density at radius 2 is 1.95 bits per heavy atom. The van der Waals surface area contributed by atoms with Gasteiger partial charge in [-0.2, -0.15) is 0 Å². The van der Waals surface area contributed by atoms with Crippen molar-refractivity contribution in [2.45, 2.75) is 13.3 Å². The van der Waals surface area contributed by atoms with E-state index >= 15 is 0 Å². The maximum Gasteiger partial charge on any atom is 0.307 e. The predicted molar refractivity (Wildman–Crippen MR) is 80.5 cm³/mol. The zero-order chi connectivity index (χ0) is 15.7. The molecule has 0 fully saturated rings. The Morgan fingerprint density at radius 3 is 2.57 bits per heavy atom. The highest BCUT2D eigenvalue weighted by Gasteiger charge is 2.19. The summed E-state index contributed by atoms with van der Waals surface area (Å²) in [5.41, 5.74) is 0.416. The molecule has 1 rings (SSSR count). The van der Waals surface area contributed by atoms with E-state index in [1.807, 2.05) is 0 Å². The fourth-order valence-electron chi connectivity index (χ4n) is 1.78. The zero-order valence-corrected chi connectivity index (χ0v) is 13.1. The molecule has 0 heterocycles. The molecular weight excluding hydrogens is 294 g/mol. The van der Waals surface area contributed by atoms with Crippen LogP contribution in [0.5, 0.6) is 0 Å². The number of esters is 1. The van der Waals surface area contributed by atoms with Gasteiger partial charge in [0.05, 0.1) is 30.2 Å². The molecule has 1 aromatic carbocycles. The molecule has 21 heavy (non-hydrogen) atoms. The summed E-state index contributed by atoms with van der Waals surface area (Å²) in [7, 11) is 1.56. The highest BCUT2D eigenvalue weighted by atomic mass is 35.5. The molecule has 5 nitrogen and oxygen atoms in total. The van der Waals surface area contributed by atoms with Gasteiger partial charge in [0.15, 0.2) is 0 Å². The molecule has 0 unspecified atom stereocenters. The number of hydrogen-bond donors (Lipinski definition) is 0. The van der Waals surface area contributed by atoms with E-state index in [1.165, 1.54) is 0 Å². The molecule has 116 valence electrons. The Hall–Kier alpha value is -1.59. The van der Waals surface area contributed by atoms with Crippen LogP contribution in [0.15, 0.2) is 24.3 Å². The molecule has 0 aromatic heterocycles. The molecule has 1 aromatic rings. The number of carbonyl (C=O) groups excluding carboxylic acids is 2. The number of benzene rings is 1. The molecule has 0 aliphatic heterocycles. The van der Waals surface area contributed by atoms with Crippen molar-refractivity contribution in [3.8, 4) is 0 Å². The zero-order valence-electron chi connectivity index (χ0n) is 12.3. The van der Waals surface area contributed by atoms with E-state index in [-0.39, 0.29) is 24.8 Å². The third kappa shape index (κ3) is 5.73. The van der Waals surface area contributed by atoms with Crippen molar-refractivity contribution in [1.29, 1.82) is 0 Å². The van der Waals surface area contributed by atoms with Crippen molar-refractivity contribution in [3.05, 3.63) is 34.9 Å². The van der Waals surface area contributed by atoms with Gasteiger partial charge in [0.2, 0.25) is 0 Å². The summed E-state index contributed by atoms with van der Waals surface area (Å²) < 4.78 is 9.87. The average molecular weight is 314 g/mol. The SMILES string of the molecule is CCOC(=O)CCN(CCOC)C(=O)c1ccccc1Cl. The van der Waals surface area contributed by atoms with Crippen LogP contribution in [-0.4, -0.2) is 50.2 Å². The number of methoxy groups -OCH3 is 1. The van der Waals surface area contributed by atoms with Crippen LogP contribution >= 0.6 is 11.6 Å². The van der Waals surface area contributed by atoms with Crippen molar-refractivity contribution >= 4 is 23.5 Å². The number of nitrogens with zero attached hydrogens (tertiary/aromatic N) is 1. The lowest BCUT2D eigenvalue weighted by Gasteiger charge is -2.22. The van der Waals surface area contributed by atoms with Crippen molar-refractivity contribution in [3.63, 3.8) is 0 Å². The van der Waals surface area contributed by atoms with Gasteiger partial charge >= 0.3 is 5.97 Å². The molecule has 0 saturated heterocycles. The molecule has 0 spiro atoms. The van der Waals surface area contributed by atoms with E-state index in [9.17, 15) is 9.59 Å². The summed E-state index contributed by atoms with van der Waals surface area (Å²) >= 11 is 6.04. The summed E-state index contributed by atoms with van der Waals surface area (Å²) in [5, 5.41) is 0.390. The van der Waals surface area contributed by atoms with E-state index < -0.39 is 0 Å². The second-order valence-electron chi connectivity index (χ2n) is 4.32. The molecular formula is C15H20ClNO4. The first-order valence-corrected chi connectivity index (χ1v) is 7.16. The van der Waals surface area contributed by atoms with Crippen LogP contribution in [0.3, 0.4) is 0 Å². The minimum Gasteiger partial charge on any atom is -0.466 e. The second-order valence-corrected chi connectivity index (χ2v) is 4.73. The van der Waals surface area contributed by atoms with Crippen LogP contribution in [0.4, 0.5) is 0 Å². The Kier molecular flexibility index (Phi) is 7.79. The van der Waals surface area contributed by atoms with Crippen molar-refractivity contribution < 1.29 is 19.1 Å². The normalized spacial score (nSPS) is 10.2. The molecule has 6 heteroatoms.